The molecule has 0 spiro atoms. The minimum atomic E-state index is -1.10. The topological polar surface area (TPSA) is 104 Å². The van der Waals surface area contributed by atoms with Crippen LogP contribution in [0.25, 0.3) is 22.4 Å². The molecule has 0 unspecified atom stereocenters. The van der Waals surface area contributed by atoms with E-state index >= 15 is 0 Å². The van der Waals surface area contributed by atoms with Crippen molar-refractivity contribution in [1.29, 1.82) is 0 Å². The smallest absolute Gasteiger partial charge is 0.328 e. The van der Waals surface area contributed by atoms with Gasteiger partial charge in [-0.2, -0.15) is 0 Å². The zero-order valence-corrected chi connectivity index (χ0v) is 15.5. The van der Waals surface area contributed by atoms with Gasteiger partial charge < -0.3 is 15.4 Å². The van der Waals surface area contributed by atoms with E-state index in [4.69, 9.17) is 5.11 Å². The minimum Gasteiger partial charge on any atom is -0.478 e. The number of anilines is 1. The van der Waals surface area contributed by atoms with E-state index in [0.717, 1.165) is 18.5 Å². The number of carboxylic acid groups (broad SMARTS) is 1. The molecule has 3 N–H and O–H groups in total. The fourth-order valence-electron chi connectivity index (χ4n) is 2.64. The largest absolute Gasteiger partial charge is 0.478 e. The van der Waals surface area contributed by atoms with Gasteiger partial charge in [0, 0.05) is 23.2 Å². The molecule has 3 heterocycles. The first kappa shape index (κ1) is 19.4. The van der Waals surface area contributed by atoms with E-state index in [9.17, 15) is 13.6 Å². The highest BCUT2D eigenvalue weighted by atomic mass is 19.1. The highest BCUT2D eigenvalue weighted by molar-refractivity contribution is 5.91. The van der Waals surface area contributed by atoms with Gasteiger partial charge >= 0.3 is 5.97 Å². The molecule has 0 aliphatic heterocycles. The van der Waals surface area contributed by atoms with Crippen molar-refractivity contribution in [2.75, 3.05) is 5.32 Å². The molecule has 0 saturated carbocycles. The lowest BCUT2D eigenvalue weighted by molar-refractivity contribution is -0.131. The van der Waals surface area contributed by atoms with Gasteiger partial charge in [-0.05, 0) is 11.5 Å². The number of fused-ring (bicyclic) bond motifs is 1. The van der Waals surface area contributed by atoms with Gasteiger partial charge in [0.25, 0.3) is 0 Å². The van der Waals surface area contributed by atoms with Gasteiger partial charge in [-0.1, -0.05) is 26.8 Å². The second-order valence-electron chi connectivity index (χ2n) is 7.33. The first-order chi connectivity index (χ1) is 13.1. The summed E-state index contributed by atoms with van der Waals surface area (Å²) in [6.07, 6.45) is 6.10. The standard InChI is InChI=1S/C19H19F2N5O2/c1-19(2,3)14(4-5-15(27)28)25-18-13(21)9-24-17(26-18)12-8-23-16-11(12)6-10(20)7-22-16/h4-9,14H,1-3H3,(H,22,23)(H,27,28)(H,24,25,26)/t14-/m1/s1. The third-order valence-electron chi connectivity index (χ3n) is 4.14. The third kappa shape index (κ3) is 4.13. The van der Waals surface area contributed by atoms with Crippen molar-refractivity contribution in [1.82, 2.24) is 19.9 Å². The van der Waals surface area contributed by atoms with E-state index < -0.39 is 29.1 Å². The average molecular weight is 387 g/mol. The number of rotatable bonds is 5. The van der Waals surface area contributed by atoms with Crippen molar-refractivity contribution in [2.45, 2.75) is 26.8 Å². The maximum Gasteiger partial charge on any atom is 0.328 e. The molecule has 1 atom stereocenters. The summed E-state index contributed by atoms with van der Waals surface area (Å²) in [6.45, 7) is 5.64. The molecule has 3 aromatic rings. The average Bonchev–Trinajstić information content (AvgIpc) is 3.01. The molecular formula is C19H19F2N5O2. The molecule has 0 aliphatic rings. The Morgan fingerprint density at radius 1 is 1.29 bits per heavy atom. The molecule has 28 heavy (non-hydrogen) atoms. The Hall–Kier alpha value is -3.36. The quantitative estimate of drug-likeness (QED) is 0.576. The van der Waals surface area contributed by atoms with Crippen molar-refractivity contribution >= 4 is 22.8 Å². The highest BCUT2D eigenvalue weighted by Crippen LogP contribution is 2.29. The molecule has 0 amide bonds. The van der Waals surface area contributed by atoms with Crippen LogP contribution in [0.15, 0.2) is 36.8 Å². The number of aliphatic carboxylic acids is 1. The van der Waals surface area contributed by atoms with Crippen LogP contribution in [0.5, 0.6) is 0 Å². The van der Waals surface area contributed by atoms with Crippen molar-refractivity contribution in [3.63, 3.8) is 0 Å². The van der Waals surface area contributed by atoms with E-state index in [1.807, 2.05) is 20.8 Å². The van der Waals surface area contributed by atoms with Gasteiger partial charge in [0.15, 0.2) is 17.5 Å². The molecule has 0 bridgehead atoms. The molecule has 7 nitrogen and oxygen atoms in total. The summed E-state index contributed by atoms with van der Waals surface area (Å²) >= 11 is 0. The zero-order valence-electron chi connectivity index (χ0n) is 15.5. The summed E-state index contributed by atoms with van der Waals surface area (Å²) in [4.78, 5) is 25.9. The molecular weight excluding hydrogens is 368 g/mol. The van der Waals surface area contributed by atoms with Crippen LogP contribution in [0.4, 0.5) is 14.6 Å². The Kier molecular flexibility index (Phi) is 5.08. The first-order valence-electron chi connectivity index (χ1n) is 8.48. The molecule has 3 aromatic heterocycles. The molecule has 9 heteroatoms. The predicted molar refractivity (Wildman–Crippen MR) is 101 cm³/mol. The number of hydrogen-bond acceptors (Lipinski definition) is 5. The second-order valence-corrected chi connectivity index (χ2v) is 7.33. The van der Waals surface area contributed by atoms with Crippen LogP contribution in [-0.4, -0.2) is 37.1 Å². The van der Waals surface area contributed by atoms with Gasteiger partial charge in [0.1, 0.15) is 11.5 Å². The maximum atomic E-state index is 14.3. The Labute approximate surface area is 159 Å². The van der Waals surface area contributed by atoms with Gasteiger partial charge in [-0.3, -0.25) is 0 Å². The molecule has 0 aliphatic carbocycles. The second kappa shape index (κ2) is 7.34. The number of nitrogens with zero attached hydrogens (tertiary/aromatic N) is 3. The number of nitrogens with one attached hydrogen (secondary N) is 2. The molecule has 0 fully saturated rings. The summed E-state index contributed by atoms with van der Waals surface area (Å²) in [5, 5.41) is 12.3. The summed E-state index contributed by atoms with van der Waals surface area (Å²) in [5.74, 6) is -2.21. The lowest BCUT2D eigenvalue weighted by Gasteiger charge is -2.29. The number of halogens is 2. The van der Waals surface area contributed by atoms with Gasteiger partial charge in [-0.25, -0.2) is 28.5 Å². The third-order valence-corrected chi connectivity index (χ3v) is 4.14. The van der Waals surface area contributed by atoms with Crippen LogP contribution in [0.3, 0.4) is 0 Å². The monoisotopic (exact) mass is 387 g/mol. The fraction of sp³-hybridized carbons (Fsp3) is 0.263. The molecule has 146 valence electrons. The van der Waals surface area contributed by atoms with Crippen LogP contribution < -0.4 is 5.32 Å². The van der Waals surface area contributed by atoms with E-state index in [0.29, 0.717) is 16.6 Å². The van der Waals surface area contributed by atoms with E-state index in [1.54, 1.807) is 6.20 Å². The van der Waals surface area contributed by atoms with Gasteiger partial charge in [-0.15, -0.1) is 0 Å². The summed E-state index contributed by atoms with van der Waals surface area (Å²) in [5.41, 5.74) is 0.506. The number of carbonyl (C=O) groups is 1. The maximum absolute atomic E-state index is 14.3. The summed E-state index contributed by atoms with van der Waals surface area (Å²) < 4.78 is 27.9. The Bertz CT molecular complexity index is 1060. The number of carboxylic acids is 1. The first-order valence-corrected chi connectivity index (χ1v) is 8.48. The van der Waals surface area contributed by atoms with Crippen LogP contribution in [0.2, 0.25) is 0 Å². The normalized spacial score (nSPS) is 13.2. The molecule has 3 rings (SSSR count). The number of pyridine rings is 1. The van der Waals surface area contributed by atoms with Crippen molar-refractivity contribution in [2.24, 2.45) is 5.41 Å². The minimum absolute atomic E-state index is 0.0846. The fourth-order valence-corrected chi connectivity index (χ4v) is 2.64. The molecule has 0 radical (unpaired) electrons. The number of aromatic nitrogens is 4. The Morgan fingerprint density at radius 2 is 2.04 bits per heavy atom. The molecule has 0 aromatic carbocycles. The number of H-pyrrole nitrogens is 1. The van der Waals surface area contributed by atoms with Crippen LogP contribution >= 0.6 is 0 Å². The van der Waals surface area contributed by atoms with E-state index in [2.05, 4.69) is 25.3 Å². The van der Waals surface area contributed by atoms with Crippen LogP contribution in [0.1, 0.15) is 20.8 Å². The van der Waals surface area contributed by atoms with E-state index in [-0.39, 0.29) is 11.6 Å². The lowest BCUT2D eigenvalue weighted by atomic mass is 9.86. The highest BCUT2D eigenvalue weighted by Gasteiger charge is 2.24. The van der Waals surface area contributed by atoms with Gasteiger partial charge in [0.05, 0.1) is 18.4 Å². The molecule has 0 saturated heterocycles. The predicted octanol–water partition coefficient (Wildman–Crippen LogP) is 3.77. The number of hydrogen-bond donors (Lipinski definition) is 3. The van der Waals surface area contributed by atoms with Crippen molar-refractivity contribution < 1.29 is 18.7 Å². The lowest BCUT2D eigenvalue weighted by Crippen LogP contribution is -2.33. The zero-order chi connectivity index (χ0) is 20.5. The number of aromatic amines is 1. The summed E-state index contributed by atoms with van der Waals surface area (Å²) in [6, 6.07) is 0.782. The SMILES string of the molecule is CC(C)(C)[C@@H](C=CC(=O)O)Nc1nc(-c2c[nH]c3ncc(F)cc23)ncc1F. The van der Waals surface area contributed by atoms with Crippen molar-refractivity contribution in [3.05, 3.63) is 48.4 Å². The summed E-state index contributed by atoms with van der Waals surface area (Å²) in [7, 11) is 0. The Morgan fingerprint density at radius 3 is 2.71 bits per heavy atom. The van der Waals surface area contributed by atoms with Gasteiger partial charge in [0.2, 0.25) is 0 Å². The van der Waals surface area contributed by atoms with Crippen LogP contribution in [-0.2, 0) is 4.79 Å². The van der Waals surface area contributed by atoms with Crippen LogP contribution in [0, 0.1) is 17.0 Å². The van der Waals surface area contributed by atoms with Crippen molar-refractivity contribution in [3.8, 4) is 11.4 Å². The Balaban J connectivity index is 2.01. The van der Waals surface area contributed by atoms with E-state index in [1.165, 1.54) is 12.1 Å².